The minimum atomic E-state index is -0.334. The van der Waals surface area contributed by atoms with E-state index >= 15 is 0 Å². The lowest BCUT2D eigenvalue weighted by molar-refractivity contribution is 0.140. The molecule has 1 aromatic carbocycles. The topological polar surface area (TPSA) is 45.1 Å². The zero-order chi connectivity index (χ0) is 12.4. The molecule has 0 saturated heterocycles. The molecular formula is C15H16N2O. The Hall–Kier alpha value is -1.71. The van der Waals surface area contributed by atoms with Crippen LogP contribution in [0.2, 0.25) is 0 Å². The summed E-state index contributed by atoms with van der Waals surface area (Å²) in [6.45, 7) is 0.726. The predicted molar refractivity (Wildman–Crippen MR) is 70.0 cm³/mol. The van der Waals surface area contributed by atoms with Crippen LogP contribution < -0.4 is 5.32 Å². The van der Waals surface area contributed by atoms with E-state index in [0.29, 0.717) is 0 Å². The molecule has 0 saturated carbocycles. The number of hydrogen-bond acceptors (Lipinski definition) is 3. The van der Waals surface area contributed by atoms with E-state index in [1.54, 1.807) is 6.20 Å². The monoisotopic (exact) mass is 240 g/mol. The summed E-state index contributed by atoms with van der Waals surface area (Å²) in [7, 11) is 0. The normalized spacial score (nSPS) is 21.8. The molecule has 1 aliphatic rings. The molecule has 0 bridgehead atoms. The Morgan fingerprint density at radius 1 is 1.22 bits per heavy atom. The maximum Gasteiger partial charge on any atom is 0.0775 e. The highest BCUT2D eigenvalue weighted by Crippen LogP contribution is 2.31. The van der Waals surface area contributed by atoms with E-state index in [1.807, 2.05) is 30.5 Å². The maximum absolute atomic E-state index is 10.1. The molecule has 2 atom stereocenters. The van der Waals surface area contributed by atoms with Gasteiger partial charge in [0.25, 0.3) is 0 Å². The summed E-state index contributed by atoms with van der Waals surface area (Å²) in [5.74, 6) is 0. The number of fused-ring (bicyclic) bond motifs is 1. The summed E-state index contributed by atoms with van der Waals surface area (Å²) in [5.41, 5.74) is 3.59. The van der Waals surface area contributed by atoms with E-state index in [1.165, 1.54) is 11.1 Å². The van der Waals surface area contributed by atoms with Crippen LogP contribution in [0.25, 0.3) is 0 Å². The van der Waals surface area contributed by atoms with E-state index < -0.39 is 0 Å². The number of aliphatic hydroxyl groups is 1. The third-order valence-corrected chi connectivity index (χ3v) is 3.45. The van der Waals surface area contributed by atoms with Crippen LogP contribution in [0.1, 0.15) is 22.7 Å². The van der Waals surface area contributed by atoms with Gasteiger partial charge in [0.2, 0.25) is 0 Å². The summed E-state index contributed by atoms with van der Waals surface area (Å²) >= 11 is 0. The number of benzene rings is 1. The lowest BCUT2D eigenvalue weighted by Crippen LogP contribution is -2.28. The van der Waals surface area contributed by atoms with Gasteiger partial charge in [-0.2, -0.15) is 0 Å². The van der Waals surface area contributed by atoms with Crippen LogP contribution in [-0.2, 0) is 13.0 Å². The van der Waals surface area contributed by atoms with Crippen LogP contribution in [0, 0.1) is 0 Å². The lowest BCUT2D eigenvalue weighted by Gasteiger charge is -2.17. The average molecular weight is 240 g/mol. The van der Waals surface area contributed by atoms with Crippen molar-refractivity contribution in [1.29, 1.82) is 0 Å². The number of nitrogens with zero attached hydrogens (tertiary/aromatic N) is 1. The van der Waals surface area contributed by atoms with E-state index in [0.717, 1.165) is 18.5 Å². The van der Waals surface area contributed by atoms with Gasteiger partial charge in [-0.3, -0.25) is 4.98 Å². The fraction of sp³-hybridized carbons (Fsp3) is 0.267. The van der Waals surface area contributed by atoms with Crippen molar-refractivity contribution < 1.29 is 5.11 Å². The summed E-state index contributed by atoms with van der Waals surface area (Å²) < 4.78 is 0. The van der Waals surface area contributed by atoms with Crippen molar-refractivity contribution in [1.82, 2.24) is 10.3 Å². The molecule has 18 heavy (non-hydrogen) atoms. The second-order valence-corrected chi connectivity index (χ2v) is 4.69. The Morgan fingerprint density at radius 3 is 2.94 bits per heavy atom. The number of hydrogen-bond donors (Lipinski definition) is 2. The van der Waals surface area contributed by atoms with E-state index in [2.05, 4.69) is 22.4 Å². The SMILES string of the molecule is OC1Cc2ccccc2C1NCc1cccnc1. The van der Waals surface area contributed by atoms with Crippen LogP contribution >= 0.6 is 0 Å². The first-order valence-electron chi connectivity index (χ1n) is 6.23. The molecular weight excluding hydrogens is 224 g/mol. The van der Waals surface area contributed by atoms with Crippen LogP contribution in [0.15, 0.2) is 48.8 Å². The smallest absolute Gasteiger partial charge is 0.0775 e. The second kappa shape index (κ2) is 4.88. The average Bonchev–Trinajstić information content (AvgIpc) is 2.73. The van der Waals surface area contributed by atoms with Crippen molar-refractivity contribution in [3.8, 4) is 0 Å². The van der Waals surface area contributed by atoms with Crippen LogP contribution in [0.3, 0.4) is 0 Å². The van der Waals surface area contributed by atoms with E-state index in [-0.39, 0.29) is 12.1 Å². The Morgan fingerprint density at radius 2 is 2.11 bits per heavy atom. The van der Waals surface area contributed by atoms with Gasteiger partial charge in [0.1, 0.15) is 0 Å². The van der Waals surface area contributed by atoms with Crippen molar-refractivity contribution in [3.05, 3.63) is 65.5 Å². The number of aromatic nitrogens is 1. The van der Waals surface area contributed by atoms with Gasteiger partial charge in [0, 0.05) is 25.4 Å². The zero-order valence-electron chi connectivity index (χ0n) is 10.1. The van der Waals surface area contributed by atoms with Gasteiger partial charge >= 0.3 is 0 Å². The first-order valence-corrected chi connectivity index (χ1v) is 6.23. The summed E-state index contributed by atoms with van der Waals surface area (Å²) in [6, 6.07) is 12.2. The summed E-state index contributed by atoms with van der Waals surface area (Å²) in [5, 5.41) is 13.5. The second-order valence-electron chi connectivity index (χ2n) is 4.69. The highest BCUT2D eigenvalue weighted by molar-refractivity contribution is 5.36. The largest absolute Gasteiger partial charge is 0.391 e. The fourth-order valence-electron chi connectivity index (χ4n) is 2.55. The van der Waals surface area contributed by atoms with Crippen molar-refractivity contribution in [3.63, 3.8) is 0 Å². The van der Waals surface area contributed by atoms with Crippen molar-refractivity contribution in [2.45, 2.75) is 25.1 Å². The highest BCUT2D eigenvalue weighted by Gasteiger charge is 2.29. The van der Waals surface area contributed by atoms with Crippen LogP contribution in [-0.4, -0.2) is 16.2 Å². The van der Waals surface area contributed by atoms with E-state index in [9.17, 15) is 5.11 Å². The van der Waals surface area contributed by atoms with Gasteiger partial charge in [0.05, 0.1) is 12.1 Å². The van der Waals surface area contributed by atoms with Gasteiger partial charge in [-0.05, 0) is 22.8 Å². The van der Waals surface area contributed by atoms with Crippen molar-refractivity contribution in [2.75, 3.05) is 0 Å². The molecule has 1 aromatic heterocycles. The molecule has 0 aliphatic heterocycles. The molecule has 0 radical (unpaired) electrons. The summed E-state index contributed by atoms with van der Waals surface area (Å²) in [4.78, 5) is 4.09. The molecule has 1 heterocycles. The standard InChI is InChI=1S/C15H16N2O/c18-14-8-12-5-1-2-6-13(12)15(14)17-10-11-4-3-7-16-9-11/h1-7,9,14-15,17-18H,8,10H2. The Bertz CT molecular complexity index is 527. The summed E-state index contributed by atoms with van der Waals surface area (Å²) in [6.07, 6.45) is 4.02. The Balaban J connectivity index is 1.74. The number of aliphatic hydroxyl groups excluding tert-OH is 1. The molecule has 3 heteroatoms. The molecule has 2 aromatic rings. The third-order valence-electron chi connectivity index (χ3n) is 3.45. The molecule has 3 nitrogen and oxygen atoms in total. The molecule has 0 fully saturated rings. The van der Waals surface area contributed by atoms with E-state index in [4.69, 9.17) is 0 Å². The van der Waals surface area contributed by atoms with Gasteiger partial charge < -0.3 is 10.4 Å². The Kier molecular flexibility index (Phi) is 3.09. The third kappa shape index (κ3) is 2.15. The number of nitrogens with one attached hydrogen (secondary N) is 1. The lowest BCUT2D eigenvalue weighted by atomic mass is 10.1. The molecule has 1 aliphatic carbocycles. The van der Waals surface area contributed by atoms with Gasteiger partial charge in [-0.1, -0.05) is 30.3 Å². The first kappa shape index (κ1) is 11.4. The quantitative estimate of drug-likeness (QED) is 0.860. The van der Waals surface area contributed by atoms with Crippen molar-refractivity contribution in [2.24, 2.45) is 0 Å². The van der Waals surface area contributed by atoms with Gasteiger partial charge in [-0.25, -0.2) is 0 Å². The van der Waals surface area contributed by atoms with Crippen LogP contribution in [0.4, 0.5) is 0 Å². The predicted octanol–water partition coefficient (Wildman–Crippen LogP) is 1.83. The van der Waals surface area contributed by atoms with Gasteiger partial charge in [0.15, 0.2) is 0 Å². The van der Waals surface area contributed by atoms with Crippen molar-refractivity contribution >= 4 is 0 Å². The molecule has 3 rings (SSSR count). The van der Waals surface area contributed by atoms with Gasteiger partial charge in [-0.15, -0.1) is 0 Å². The molecule has 2 N–H and O–H groups in total. The fourth-order valence-corrected chi connectivity index (χ4v) is 2.55. The minimum absolute atomic E-state index is 0.0291. The molecule has 2 unspecified atom stereocenters. The Labute approximate surface area is 107 Å². The number of rotatable bonds is 3. The molecule has 0 spiro atoms. The molecule has 0 amide bonds. The maximum atomic E-state index is 10.1. The highest BCUT2D eigenvalue weighted by atomic mass is 16.3. The number of pyridine rings is 1. The molecule has 92 valence electrons. The zero-order valence-corrected chi connectivity index (χ0v) is 10.1. The first-order chi connectivity index (χ1) is 8.84. The minimum Gasteiger partial charge on any atom is -0.391 e. The van der Waals surface area contributed by atoms with Crippen LogP contribution in [0.5, 0.6) is 0 Å².